The van der Waals surface area contributed by atoms with Crippen molar-refractivity contribution < 1.29 is 4.74 Å². The van der Waals surface area contributed by atoms with Crippen LogP contribution in [0.1, 0.15) is 36.6 Å². The monoisotopic (exact) mass is 343 g/mol. The van der Waals surface area contributed by atoms with Crippen molar-refractivity contribution in [2.75, 3.05) is 18.5 Å². The van der Waals surface area contributed by atoms with E-state index >= 15 is 0 Å². The van der Waals surface area contributed by atoms with E-state index in [0.717, 1.165) is 61.2 Å². The van der Waals surface area contributed by atoms with E-state index in [1.54, 1.807) is 6.33 Å². The van der Waals surface area contributed by atoms with E-state index in [1.165, 1.54) is 22.2 Å². The van der Waals surface area contributed by atoms with Gasteiger partial charge in [-0.25, -0.2) is 9.97 Å². The number of hydrogen-bond donors (Lipinski definition) is 1. The summed E-state index contributed by atoms with van der Waals surface area (Å²) in [6.45, 7) is 3.97. The van der Waals surface area contributed by atoms with Gasteiger partial charge in [0.1, 0.15) is 11.2 Å². The van der Waals surface area contributed by atoms with Crippen LogP contribution in [-0.4, -0.2) is 38.8 Å². The van der Waals surface area contributed by atoms with Gasteiger partial charge in [-0.1, -0.05) is 6.92 Å². The minimum Gasteiger partial charge on any atom is -0.376 e. The summed E-state index contributed by atoms with van der Waals surface area (Å²) >= 11 is 1.83. The SMILES string of the molecule is C[C@H]1CCc2sc3nc(NC[C@H]4CCCO4)n4ncnc4c3c2C1. The van der Waals surface area contributed by atoms with E-state index in [0.29, 0.717) is 0 Å². The topological polar surface area (TPSA) is 64.3 Å². The Hall–Kier alpha value is -1.73. The first kappa shape index (κ1) is 14.6. The van der Waals surface area contributed by atoms with Crippen molar-refractivity contribution in [2.45, 2.75) is 45.1 Å². The second-order valence-electron chi connectivity index (χ2n) is 6.98. The summed E-state index contributed by atoms with van der Waals surface area (Å²) in [5, 5.41) is 9.04. The normalized spacial score (nSPS) is 23.9. The fraction of sp³-hybridized carbons (Fsp3) is 0.588. The second-order valence-corrected chi connectivity index (χ2v) is 8.06. The summed E-state index contributed by atoms with van der Waals surface area (Å²) in [7, 11) is 0. The Morgan fingerprint density at radius 3 is 3.25 bits per heavy atom. The summed E-state index contributed by atoms with van der Waals surface area (Å²) in [6, 6.07) is 0. The predicted molar refractivity (Wildman–Crippen MR) is 94.8 cm³/mol. The number of aryl methyl sites for hydroxylation is 1. The van der Waals surface area contributed by atoms with E-state index in [2.05, 4.69) is 22.3 Å². The zero-order valence-corrected chi connectivity index (χ0v) is 14.6. The van der Waals surface area contributed by atoms with Crippen LogP contribution in [0, 0.1) is 5.92 Å². The lowest BCUT2D eigenvalue weighted by Crippen LogP contribution is -2.20. The molecule has 3 aromatic heterocycles. The van der Waals surface area contributed by atoms with Gasteiger partial charge in [0.2, 0.25) is 5.95 Å². The smallest absolute Gasteiger partial charge is 0.227 e. The first-order valence-electron chi connectivity index (χ1n) is 8.79. The third-order valence-corrected chi connectivity index (χ3v) is 6.37. The number of rotatable bonds is 3. The van der Waals surface area contributed by atoms with Crippen LogP contribution in [0.3, 0.4) is 0 Å². The van der Waals surface area contributed by atoms with Gasteiger partial charge < -0.3 is 10.1 Å². The average Bonchev–Trinajstić information content (AvgIpc) is 3.30. The minimum absolute atomic E-state index is 0.276. The van der Waals surface area contributed by atoms with Crippen LogP contribution in [0.5, 0.6) is 0 Å². The van der Waals surface area contributed by atoms with E-state index in [4.69, 9.17) is 9.72 Å². The third-order valence-electron chi connectivity index (χ3n) is 5.18. The maximum Gasteiger partial charge on any atom is 0.227 e. The lowest BCUT2D eigenvalue weighted by Gasteiger charge is -2.18. The van der Waals surface area contributed by atoms with Crippen molar-refractivity contribution in [3.8, 4) is 0 Å². The van der Waals surface area contributed by atoms with Gasteiger partial charge in [0.05, 0.1) is 11.5 Å². The summed E-state index contributed by atoms with van der Waals surface area (Å²) in [5.41, 5.74) is 2.38. The highest BCUT2D eigenvalue weighted by Crippen LogP contribution is 2.39. The summed E-state index contributed by atoms with van der Waals surface area (Å²) in [4.78, 5) is 12.0. The molecule has 0 aromatic carbocycles. The Morgan fingerprint density at radius 2 is 2.38 bits per heavy atom. The third kappa shape index (κ3) is 2.29. The molecule has 24 heavy (non-hydrogen) atoms. The van der Waals surface area contributed by atoms with Crippen molar-refractivity contribution in [1.29, 1.82) is 0 Å². The Bertz CT molecular complexity index is 895. The van der Waals surface area contributed by atoms with Crippen LogP contribution >= 0.6 is 11.3 Å². The second kappa shape index (κ2) is 5.67. The Kier molecular flexibility index (Phi) is 3.45. The molecule has 0 bridgehead atoms. The van der Waals surface area contributed by atoms with Gasteiger partial charge in [-0.2, -0.15) is 9.61 Å². The number of anilines is 1. The van der Waals surface area contributed by atoms with Crippen LogP contribution in [0.15, 0.2) is 6.33 Å². The Labute approximate surface area is 144 Å². The molecule has 0 saturated carbocycles. The molecule has 5 rings (SSSR count). The maximum absolute atomic E-state index is 5.70. The fourth-order valence-corrected chi connectivity index (χ4v) is 5.10. The number of fused-ring (bicyclic) bond motifs is 5. The van der Waals surface area contributed by atoms with Gasteiger partial charge >= 0.3 is 0 Å². The van der Waals surface area contributed by atoms with Crippen LogP contribution < -0.4 is 5.32 Å². The first-order chi connectivity index (χ1) is 11.8. The van der Waals surface area contributed by atoms with Gasteiger partial charge in [0.25, 0.3) is 0 Å². The van der Waals surface area contributed by atoms with E-state index in [-0.39, 0.29) is 6.10 Å². The van der Waals surface area contributed by atoms with Crippen LogP contribution in [0.4, 0.5) is 5.95 Å². The number of aromatic nitrogens is 4. The fourth-order valence-electron chi connectivity index (χ4n) is 3.89. The van der Waals surface area contributed by atoms with Gasteiger partial charge in [0.15, 0.2) is 5.65 Å². The van der Waals surface area contributed by atoms with E-state index < -0.39 is 0 Å². The van der Waals surface area contributed by atoms with Crippen molar-refractivity contribution in [3.63, 3.8) is 0 Å². The predicted octanol–water partition coefficient (Wildman–Crippen LogP) is 3.05. The van der Waals surface area contributed by atoms with Crippen molar-refractivity contribution in [3.05, 3.63) is 16.8 Å². The molecule has 2 atom stereocenters. The number of nitrogens with zero attached hydrogens (tertiary/aromatic N) is 4. The molecule has 0 spiro atoms. The van der Waals surface area contributed by atoms with Gasteiger partial charge in [0, 0.05) is 18.0 Å². The molecule has 126 valence electrons. The molecule has 2 aliphatic rings. The standard InChI is InChI=1S/C17H21N5OS/c1-10-4-5-13-12(7-10)14-15-19-9-20-22(15)17(21-16(14)24-13)18-8-11-3-2-6-23-11/h9-11H,2-8H2,1H3,(H,18,21)/t10-,11+/m0/s1. The maximum atomic E-state index is 5.70. The summed E-state index contributed by atoms with van der Waals surface area (Å²) < 4.78 is 7.55. The molecule has 1 aliphatic heterocycles. The summed E-state index contributed by atoms with van der Waals surface area (Å²) in [5.74, 6) is 1.51. The molecular weight excluding hydrogens is 322 g/mol. The van der Waals surface area contributed by atoms with Crippen molar-refractivity contribution >= 4 is 33.1 Å². The highest BCUT2D eigenvalue weighted by Gasteiger charge is 2.25. The minimum atomic E-state index is 0.276. The molecular formula is C17H21N5OS. The average molecular weight is 343 g/mol. The number of ether oxygens (including phenoxy) is 1. The van der Waals surface area contributed by atoms with Crippen LogP contribution in [-0.2, 0) is 17.6 Å². The van der Waals surface area contributed by atoms with Crippen LogP contribution in [0.25, 0.3) is 15.9 Å². The highest BCUT2D eigenvalue weighted by molar-refractivity contribution is 7.19. The Balaban J connectivity index is 1.59. The molecule has 0 amide bonds. The molecule has 0 radical (unpaired) electrons. The molecule has 6 nitrogen and oxygen atoms in total. The van der Waals surface area contributed by atoms with Gasteiger partial charge in [-0.05, 0) is 43.6 Å². The lowest BCUT2D eigenvalue weighted by atomic mass is 9.89. The molecule has 1 aliphatic carbocycles. The van der Waals surface area contributed by atoms with Crippen molar-refractivity contribution in [1.82, 2.24) is 19.6 Å². The molecule has 4 heterocycles. The molecule has 3 aromatic rings. The van der Waals surface area contributed by atoms with Gasteiger partial charge in [-0.15, -0.1) is 11.3 Å². The van der Waals surface area contributed by atoms with E-state index in [9.17, 15) is 0 Å². The summed E-state index contributed by atoms with van der Waals surface area (Å²) in [6.07, 6.45) is 7.72. The lowest BCUT2D eigenvalue weighted by molar-refractivity contribution is 0.120. The molecule has 7 heteroatoms. The highest BCUT2D eigenvalue weighted by atomic mass is 32.1. The quantitative estimate of drug-likeness (QED) is 0.792. The van der Waals surface area contributed by atoms with E-state index in [1.807, 2.05) is 15.9 Å². The zero-order valence-electron chi connectivity index (χ0n) is 13.8. The molecule has 1 fully saturated rings. The molecule has 0 unspecified atom stereocenters. The first-order valence-corrected chi connectivity index (χ1v) is 9.60. The Morgan fingerprint density at radius 1 is 1.42 bits per heavy atom. The number of thiophene rings is 1. The molecule has 1 N–H and O–H groups in total. The number of hydrogen-bond acceptors (Lipinski definition) is 6. The van der Waals surface area contributed by atoms with Crippen LogP contribution in [0.2, 0.25) is 0 Å². The zero-order chi connectivity index (χ0) is 16.1. The largest absolute Gasteiger partial charge is 0.376 e. The van der Waals surface area contributed by atoms with Crippen molar-refractivity contribution in [2.24, 2.45) is 5.92 Å². The number of nitrogens with one attached hydrogen (secondary N) is 1. The van der Waals surface area contributed by atoms with Gasteiger partial charge in [-0.3, -0.25) is 0 Å². The molecule has 1 saturated heterocycles.